The molecular weight excluding hydrogens is 470 g/mol. The largest absolute Gasteiger partial charge is 0.366 e. The van der Waals surface area contributed by atoms with E-state index in [0.29, 0.717) is 17.6 Å². The maximum Gasteiger partial charge on any atom is 0.248 e. The molecule has 1 aromatic heterocycles. The van der Waals surface area contributed by atoms with Crippen LogP contribution in [0, 0.1) is 0 Å². The Hall–Kier alpha value is -4.55. The number of hydrogen-bond acceptors (Lipinski definition) is 5. The Balaban J connectivity index is 1.70. The van der Waals surface area contributed by atoms with Gasteiger partial charge in [-0.25, -0.2) is 9.97 Å². The summed E-state index contributed by atoms with van der Waals surface area (Å²) in [6, 6.07) is 34.3. The molecule has 0 radical (unpaired) electrons. The fourth-order valence-electron chi connectivity index (χ4n) is 4.40. The fourth-order valence-corrected chi connectivity index (χ4v) is 4.40. The van der Waals surface area contributed by atoms with Gasteiger partial charge in [0, 0.05) is 40.5 Å². The Morgan fingerprint density at radius 1 is 0.816 bits per heavy atom. The van der Waals surface area contributed by atoms with Crippen molar-refractivity contribution in [2.45, 2.75) is 26.4 Å². The van der Waals surface area contributed by atoms with E-state index in [9.17, 15) is 4.79 Å². The molecule has 6 nitrogen and oxygen atoms in total. The normalized spacial score (nSPS) is 11.3. The van der Waals surface area contributed by atoms with E-state index < -0.39 is 5.91 Å². The second-order valence-corrected chi connectivity index (χ2v) is 9.68. The average molecular weight is 502 g/mol. The fraction of sp³-hybridized carbons (Fsp3) is 0.156. The Morgan fingerprint density at radius 2 is 1.53 bits per heavy atom. The van der Waals surface area contributed by atoms with E-state index in [4.69, 9.17) is 15.7 Å². The van der Waals surface area contributed by atoms with Crippen LogP contribution in [-0.4, -0.2) is 33.9 Å². The second-order valence-electron chi connectivity index (χ2n) is 9.68. The molecule has 4 aromatic carbocycles. The van der Waals surface area contributed by atoms with Gasteiger partial charge in [0.2, 0.25) is 11.9 Å². The number of anilines is 3. The minimum atomic E-state index is -0.463. The van der Waals surface area contributed by atoms with Crippen LogP contribution in [0.3, 0.4) is 0 Å². The van der Waals surface area contributed by atoms with Crippen molar-refractivity contribution in [1.29, 1.82) is 0 Å². The topological polar surface area (TPSA) is 75.3 Å². The Bertz CT molecular complexity index is 1560. The Labute approximate surface area is 223 Å². The van der Waals surface area contributed by atoms with E-state index >= 15 is 0 Å². The van der Waals surface area contributed by atoms with Crippen LogP contribution in [0.15, 0.2) is 103 Å². The highest BCUT2D eigenvalue weighted by Crippen LogP contribution is 2.36. The van der Waals surface area contributed by atoms with E-state index in [-0.39, 0.29) is 0 Å². The maximum absolute atomic E-state index is 11.8. The highest BCUT2D eigenvalue weighted by atomic mass is 16.1. The van der Waals surface area contributed by atoms with Crippen molar-refractivity contribution in [3.63, 3.8) is 0 Å². The standard InChI is InChI=1S/C32H31N5O/c1-22(2)36(3)21-23-10-9-13-27(20-23)37(26-18-16-25(17-19-26)31(33)38)32-34-29-15-8-7-14-28(29)30(35-32)24-11-5-4-6-12-24/h4-20,22H,21H2,1-3H3,(H2,33,38). The van der Waals surface area contributed by atoms with Crippen molar-refractivity contribution in [1.82, 2.24) is 14.9 Å². The molecule has 0 spiro atoms. The molecule has 6 heteroatoms. The molecule has 190 valence electrons. The number of nitrogens with two attached hydrogens (primary N) is 1. The first-order valence-corrected chi connectivity index (χ1v) is 12.7. The summed E-state index contributed by atoms with van der Waals surface area (Å²) in [6.07, 6.45) is 0. The molecular formula is C32H31N5O. The van der Waals surface area contributed by atoms with Crippen LogP contribution in [0.2, 0.25) is 0 Å². The molecule has 0 bridgehead atoms. The Morgan fingerprint density at radius 3 is 2.24 bits per heavy atom. The van der Waals surface area contributed by atoms with Crippen LogP contribution in [0.1, 0.15) is 29.8 Å². The first-order chi connectivity index (χ1) is 18.4. The van der Waals surface area contributed by atoms with Crippen molar-refractivity contribution in [2.24, 2.45) is 5.73 Å². The first kappa shape index (κ1) is 25.1. The van der Waals surface area contributed by atoms with Crippen LogP contribution in [-0.2, 0) is 6.54 Å². The zero-order valence-electron chi connectivity index (χ0n) is 21.9. The summed E-state index contributed by atoms with van der Waals surface area (Å²) < 4.78 is 0. The monoisotopic (exact) mass is 501 g/mol. The van der Waals surface area contributed by atoms with E-state index in [1.54, 1.807) is 12.1 Å². The van der Waals surface area contributed by atoms with Crippen LogP contribution in [0.4, 0.5) is 17.3 Å². The SMILES string of the molecule is CC(C)N(C)Cc1cccc(N(c2ccc(C(N)=O)cc2)c2nc(-c3ccccc3)c3ccccc3n2)c1. The number of carbonyl (C=O) groups excluding carboxylic acids is 1. The predicted octanol–water partition coefficient (Wildman–Crippen LogP) is 6.71. The average Bonchev–Trinajstić information content (AvgIpc) is 2.93. The van der Waals surface area contributed by atoms with Gasteiger partial charge < -0.3 is 5.73 Å². The van der Waals surface area contributed by atoms with Gasteiger partial charge in [0.25, 0.3) is 0 Å². The van der Waals surface area contributed by atoms with Crippen LogP contribution in [0.5, 0.6) is 0 Å². The van der Waals surface area contributed by atoms with E-state index in [1.165, 1.54) is 5.56 Å². The van der Waals surface area contributed by atoms with Gasteiger partial charge in [-0.2, -0.15) is 0 Å². The number of hydrogen-bond donors (Lipinski definition) is 1. The van der Waals surface area contributed by atoms with Gasteiger partial charge >= 0.3 is 0 Å². The number of rotatable bonds is 8. The van der Waals surface area contributed by atoms with Gasteiger partial charge in [-0.05, 0) is 68.9 Å². The lowest BCUT2D eigenvalue weighted by Crippen LogP contribution is -2.25. The summed E-state index contributed by atoms with van der Waals surface area (Å²) >= 11 is 0. The summed E-state index contributed by atoms with van der Waals surface area (Å²) in [5, 5.41) is 0.985. The van der Waals surface area contributed by atoms with Crippen molar-refractivity contribution >= 4 is 34.1 Å². The Kier molecular flexibility index (Phi) is 7.15. The number of primary amides is 1. The quantitative estimate of drug-likeness (QED) is 0.256. The molecule has 5 rings (SSSR count). The molecule has 0 fully saturated rings. The lowest BCUT2D eigenvalue weighted by molar-refractivity contribution is 0.100. The highest BCUT2D eigenvalue weighted by Gasteiger charge is 2.20. The first-order valence-electron chi connectivity index (χ1n) is 12.7. The predicted molar refractivity (Wildman–Crippen MR) is 155 cm³/mol. The summed E-state index contributed by atoms with van der Waals surface area (Å²) in [5.74, 6) is 0.0823. The zero-order chi connectivity index (χ0) is 26.6. The van der Waals surface area contributed by atoms with Crippen molar-refractivity contribution < 1.29 is 4.79 Å². The minimum absolute atomic E-state index is 0.424. The molecule has 0 saturated carbocycles. The van der Waals surface area contributed by atoms with Gasteiger partial charge in [0.05, 0.1) is 11.2 Å². The van der Waals surface area contributed by atoms with Crippen molar-refractivity contribution in [3.05, 3.63) is 114 Å². The molecule has 0 aliphatic rings. The number of para-hydroxylation sites is 1. The summed E-state index contributed by atoms with van der Waals surface area (Å²) in [6.45, 7) is 5.18. The molecule has 5 aromatic rings. The number of nitrogens with zero attached hydrogens (tertiary/aromatic N) is 4. The summed E-state index contributed by atoms with van der Waals surface area (Å²) in [4.78, 5) is 26.2. The second kappa shape index (κ2) is 10.8. The van der Waals surface area contributed by atoms with Crippen molar-refractivity contribution in [2.75, 3.05) is 11.9 Å². The molecule has 0 atom stereocenters. The highest BCUT2D eigenvalue weighted by molar-refractivity contribution is 5.95. The number of carbonyl (C=O) groups is 1. The summed E-state index contributed by atoms with van der Waals surface area (Å²) in [7, 11) is 2.12. The molecule has 1 heterocycles. The minimum Gasteiger partial charge on any atom is -0.366 e. The van der Waals surface area contributed by atoms with Crippen molar-refractivity contribution in [3.8, 4) is 11.3 Å². The smallest absolute Gasteiger partial charge is 0.248 e. The zero-order valence-corrected chi connectivity index (χ0v) is 21.9. The maximum atomic E-state index is 11.8. The number of amides is 1. The van der Waals surface area contributed by atoms with E-state index in [0.717, 1.165) is 40.1 Å². The van der Waals surface area contributed by atoms with Gasteiger partial charge in [-0.15, -0.1) is 0 Å². The van der Waals surface area contributed by atoms with Gasteiger partial charge in [0.15, 0.2) is 0 Å². The summed E-state index contributed by atoms with van der Waals surface area (Å²) in [5.41, 5.74) is 11.6. The van der Waals surface area contributed by atoms with Gasteiger partial charge in [-0.3, -0.25) is 14.6 Å². The van der Waals surface area contributed by atoms with Gasteiger partial charge in [0.1, 0.15) is 0 Å². The van der Waals surface area contributed by atoms with Crippen LogP contribution < -0.4 is 10.6 Å². The van der Waals surface area contributed by atoms with Crippen LogP contribution in [0.25, 0.3) is 22.2 Å². The third-order valence-corrected chi connectivity index (χ3v) is 6.73. The third-order valence-electron chi connectivity index (χ3n) is 6.73. The molecule has 1 amide bonds. The molecule has 0 aliphatic heterocycles. The number of benzene rings is 4. The molecule has 38 heavy (non-hydrogen) atoms. The van der Waals surface area contributed by atoms with Crippen LogP contribution >= 0.6 is 0 Å². The lowest BCUT2D eigenvalue weighted by atomic mass is 10.1. The van der Waals surface area contributed by atoms with E-state index in [2.05, 4.69) is 68.3 Å². The number of fused-ring (bicyclic) bond motifs is 1. The number of aromatic nitrogens is 2. The molecule has 0 saturated heterocycles. The lowest BCUT2D eigenvalue weighted by Gasteiger charge is -2.26. The van der Waals surface area contributed by atoms with Gasteiger partial charge in [-0.1, -0.05) is 60.7 Å². The molecule has 0 aliphatic carbocycles. The van der Waals surface area contributed by atoms with E-state index in [1.807, 2.05) is 53.4 Å². The third kappa shape index (κ3) is 5.26. The molecule has 2 N–H and O–H groups in total. The molecule has 0 unspecified atom stereocenters.